The fraction of sp³-hybridized carbons (Fsp3) is 0.222. The van der Waals surface area contributed by atoms with Crippen molar-refractivity contribution >= 4 is 11.9 Å². The molecule has 5 heteroatoms. The van der Waals surface area contributed by atoms with Crippen LogP contribution in [0.3, 0.4) is 0 Å². The van der Waals surface area contributed by atoms with Gasteiger partial charge in [-0.2, -0.15) is 0 Å². The van der Waals surface area contributed by atoms with Gasteiger partial charge >= 0.3 is 6.09 Å². The van der Waals surface area contributed by atoms with E-state index >= 15 is 0 Å². The molecule has 0 spiro atoms. The molecule has 0 radical (unpaired) electrons. The second-order valence-electron chi connectivity index (χ2n) is 5.55. The van der Waals surface area contributed by atoms with Crippen LogP contribution in [0.1, 0.15) is 15.9 Å². The number of likely N-dealkylation sites (tertiary alicyclic amines) is 1. The molecule has 0 aliphatic carbocycles. The Morgan fingerprint density at radius 2 is 1.70 bits per heavy atom. The van der Waals surface area contributed by atoms with Crippen molar-refractivity contribution in [2.75, 3.05) is 13.1 Å². The topological polar surface area (TPSA) is 66.8 Å². The van der Waals surface area contributed by atoms with Crippen LogP contribution in [0.5, 0.6) is 5.75 Å². The van der Waals surface area contributed by atoms with E-state index in [1.54, 1.807) is 24.3 Å². The highest BCUT2D eigenvalue weighted by Crippen LogP contribution is 2.22. The summed E-state index contributed by atoms with van der Waals surface area (Å²) in [4.78, 5) is 24.2. The average molecular weight is 311 g/mol. The van der Waals surface area contributed by atoms with Crippen molar-refractivity contribution in [3.05, 3.63) is 65.7 Å². The predicted molar refractivity (Wildman–Crippen MR) is 84.6 cm³/mol. The number of carboxylic acid groups (broad SMARTS) is 1. The summed E-state index contributed by atoms with van der Waals surface area (Å²) in [5.74, 6) is 0.450. The van der Waals surface area contributed by atoms with Crippen molar-refractivity contribution in [2.45, 2.75) is 6.61 Å². The first-order valence-corrected chi connectivity index (χ1v) is 7.42. The SMILES string of the molecule is O=C(c1ccc(OCc2ccccc2)cc1)C1CN(C(=O)O)C1. The molecule has 3 rings (SSSR count). The molecule has 1 aliphatic heterocycles. The van der Waals surface area contributed by atoms with Gasteiger partial charge < -0.3 is 14.7 Å². The van der Waals surface area contributed by atoms with E-state index in [-0.39, 0.29) is 24.8 Å². The summed E-state index contributed by atoms with van der Waals surface area (Å²) in [5, 5.41) is 8.79. The first kappa shape index (κ1) is 15.1. The molecule has 5 nitrogen and oxygen atoms in total. The van der Waals surface area contributed by atoms with Crippen LogP contribution < -0.4 is 4.74 Å². The van der Waals surface area contributed by atoms with Crippen LogP contribution in [0.25, 0.3) is 0 Å². The van der Waals surface area contributed by atoms with E-state index in [0.717, 1.165) is 5.56 Å². The third kappa shape index (κ3) is 3.51. The molecule has 1 aliphatic rings. The number of carbonyl (C=O) groups is 2. The highest BCUT2D eigenvalue weighted by atomic mass is 16.5. The maximum Gasteiger partial charge on any atom is 0.407 e. The molecule has 1 heterocycles. The zero-order chi connectivity index (χ0) is 16.2. The maximum atomic E-state index is 12.2. The minimum atomic E-state index is -0.973. The number of ether oxygens (including phenoxy) is 1. The molecule has 23 heavy (non-hydrogen) atoms. The fourth-order valence-electron chi connectivity index (χ4n) is 2.49. The van der Waals surface area contributed by atoms with Gasteiger partial charge in [0.25, 0.3) is 0 Å². The van der Waals surface area contributed by atoms with Crippen LogP contribution >= 0.6 is 0 Å². The molecule has 0 saturated carbocycles. The third-order valence-corrected chi connectivity index (χ3v) is 3.91. The van der Waals surface area contributed by atoms with E-state index in [1.165, 1.54) is 4.90 Å². The van der Waals surface area contributed by atoms with E-state index in [1.807, 2.05) is 30.3 Å². The summed E-state index contributed by atoms with van der Waals surface area (Å²) in [6.45, 7) is 1.03. The van der Waals surface area contributed by atoms with Gasteiger partial charge in [-0.15, -0.1) is 0 Å². The molecule has 0 bridgehead atoms. The summed E-state index contributed by atoms with van der Waals surface area (Å²) >= 11 is 0. The minimum absolute atomic E-state index is 0.0166. The van der Waals surface area contributed by atoms with Gasteiger partial charge in [-0.25, -0.2) is 4.79 Å². The Morgan fingerprint density at radius 1 is 1.04 bits per heavy atom. The van der Waals surface area contributed by atoms with Gasteiger partial charge in [0.05, 0.1) is 5.92 Å². The first-order valence-electron chi connectivity index (χ1n) is 7.42. The van der Waals surface area contributed by atoms with Crippen molar-refractivity contribution in [3.8, 4) is 5.75 Å². The molecule has 1 amide bonds. The molecule has 2 aromatic carbocycles. The molecule has 1 fully saturated rings. The number of amides is 1. The second kappa shape index (κ2) is 6.52. The smallest absolute Gasteiger partial charge is 0.407 e. The number of hydrogen-bond donors (Lipinski definition) is 1. The van der Waals surface area contributed by atoms with Gasteiger partial charge in [-0.3, -0.25) is 4.79 Å². The lowest BCUT2D eigenvalue weighted by Gasteiger charge is -2.35. The van der Waals surface area contributed by atoms with Gasteiger partial charge in [0.2, 0.25) is 0 Å². The highest BCUT2D eigenvalue weighted by Gasteiger charge is 2.35. The summed E-state index contributed by atoms with van der Waals surface area (Å²) in [7, 11) is 0. The van der Waals surface area contributed by atoms with E-state index in [2.05, 4.69) is 0 Å². The maximum absolute atomic E-state index is 12.2. The fourth-order valence-corrected chi connectivity index (χ4v) is 2.49. The quantitative estimate of drug-likeness (QED) is 0.862. The van der Waals surface area contributed by atoms with Crippen LogP contribution in [-0.2, 0) is 6.61 Å². The predicted octanol–water partition coefficient (Wildman–Crippen LogP) is 3.06. The number of rotatable bonds is 5. The standard InChI is InChI=1S/C18H17NO4/c20-17(15-10-19(11-15)18(21)22)14-6-8-16(9-7-14)23-12-13-4-2-1-3-5-13/h1-9,15H,10-12H2,(H,21,22). The van der Waals surface area contributed by atoms with Crippen LogP contribution in [0.15, 0.2) is 54.6 Å². The molecular weight excluding hydrogens is 294 g/mol. The zero-order valence-electron chi connectivity index (χ0n) is 12.5. The van der Waals surface area contributed by atoms with E-state index < -0.39 is 6.09 Å². The Morgan fingerprint density at radius 3 is 2.30 bits per heavy atom. The Kier molecular flexibility index (Phi) is 4.28. The third-order valence-electron chi connectivity index (χ3n) is 3.91. The molecule has 1 saturated heterocycles. The summed E-state index contributed by atoms with van der Waals surface area (Å²) in [5.41, 5.74) is 1.67. The summed E-state index contributed by atoms with van der Waals surface area (Å²) < 4.78 is 5.68. The van der Waals surface area contributed by atoms with Crippen molar-refractivity contribution in [1.82, 2.24) is 4.90 Å². The van der Waals surface area contributed by atoms with Crippen LogP contribution in [0.2, 0.25) is 0 Å². The molecule has 118 valence electrons. The van der Waals surface area contributed by atoms with Crippen molar-refractivity contribution < 1.29 is 19.4 Å². The van der Waals surface area contributed by atoms with E-state index in [4.69, 9.17) is 9.84 Å². The Hall–Kier alpha value is -2.82. The number of benzene rings is 2. The number of ketones is 1. The lowest BCUT2D eigenvalue weighted by atomic mass is 9.91. The van der Waals surface area contributed by atoms with Crippen LogP contribution in [0.4, 0.5) is 4.79 Å². The lowest BCUT2D eigenvalue weighted by Crippen LogP contribution is -2.52. The van der Waals surface area contributed by atoms with Crippen molar-refractivity contribution in [1.29, 1.82) is 0 Å². The van der Waals surface area contributed by atoms with Gasteiger partial charge in [-0.05, 0) is 29.8 Å². The molecular formula is C18H17NO4. The van der Waals surface area contributed by atoms with Crippen LogP contribution in [0, 0.1) is 5.92 Å². The molecule has 0 atom stereocenters. The number of carbonyl (C=O) groups excluding carboxylic acids is 1. The molecule has 2 aromatic rings. The molecule has 0 aromatic heterocycles. The Labute approximate surface area is 134 Å². The van der Waals surface area contributed by atoms with E-state index in [9.17, 15) is 9.59 Å². The minimum Gasteiger partial charge on any atom is -0.489 e. The number of Topliss-reactive ketones (excluding diaryl/α,β-unsaturated/α-hetero) is 1. The van der Waals surface area contributed by atoms with Gasteiger partial charge in [0, 0.05) is 18.7 Å². The number of nitrogens with zero attached hydrogens (tertiary/aromatic N) is 1. The monoisotopic (exact) mass is 311 g/mol. The summed E-state index contributed by atoms with van der Waals surface area (Å²) in [6.07, 6.45) is -0.973. The Bertz CT molecular complexity index is 691. The first-order chi connectivity index (χ1) is 11.1. The van der Waals surface area contributed by atoms with E-state index in [0.29, 0.717) is 17.9 Å². The zero-order valence-corrected chi connectivity index (χ0v) is 12.5. The highest BCUT2D eigenvalue weighted by molar-refractivity contribution is 5.99. The molecule has 0 unspecified atom stereocenters. The number of hydrogen-bond acceptors (Lipinski definition) is 3. The second-order valence-corrected chi connectivity index (χ2v) is 5.55. The largest absolute Gasteiger partial charge is 0.489 e. The normalized spacial score (nSPS) is 14.2. The van der Waals surface area contributed by atoms with Crippen LogP contribution in [-0.4, -0.2) is 35.0 Å². The van der Waals surface area contributed by atoms with Gasteiger partial charge in [-0.1, -0.05) is 30.3 Å². The van der Waals surface area contributed by atoms with Gasteiger partial charge in [0.1, 0.15) is 12.4 Å². The average Bonchev–Trinajstić information content (AvgIpc) is 2.52. The summed E-state index contributed by atoms with van der Waals surface area (Å²) in [6, 6.07) is 16.8. The Balaban J connectivity index is 1.55. The molecule has 1 N–H and O–H groups in total. The van der Waals surface area contributed by atoms with Crippen molar-refractivity contribution in [2.24, 2.45) is 5.92 Å². The lowest BCUT2D eigenvalue weighted by molar-refractivity contribution is 0.0610. The van der Waals surface area contributed by atoms with Crippen molar-refractivity contribution in [3.63, 3.8) is 0 Å². The van der Waals surface area contributed by atoms with Gasteiger partial charge in [0.15, 0.2) is 5.78 Å².